The molecular weight excluding hydrogens is 392 g/mol. The first-order valence-corrected chi connectivity index (χ1v) is 10.3. The lowest BCUT2D eigenvalue weighted by Crippen LogP contribution is -2.21. The molecule has 144 valence electrons. The third-order valence-corrected chi connectivity index (χ3v) is 5.57. The minimum atomic E-state index is -0.206. The van der Waals surface area contributed by atoms with Crippen molar-refractivity contribution < 1.29 is 4.79 Å². The van der Waals surface area contributed by atoms with Crippen LogP contribution in [0.15, 0.2) is 53.3 Å². The van der Waals surface area contributed by atoms with Crippen molar-refractivity contribution in [2.75, 3.05) is 18.0 Å². The number of rotatable bonds is 6. The van der Waals surface area contributed by atoms with Gasteiger partial charge >= 0.3 is 0 Å². The average molecular weight is 413 g/mol. The molecule has 0 fully saturated rings. The third kappa shape index (κ3) is 4.80. The minimum absolute atomic E-state index is 0.199. The van der Waals surface area contributed by atoms with Gasteiger partial charge in [0.15, 0.2) is 5.78 Å². The number of carbonyl (C=O) groups is 1. The van der Waals surface area contributed by atoms with E-state index < -0.39 is 0 Å². The summed E-state index contributed by atoms with van der Waals surface area (Å²) in [5, 5.41) is 0.501. The summed E-state index contributed by atoms with van der Waals surface area (Å²) in [5.41, 5.74) is 2.38. The van der Waals surface area contributed by atoms with E-state index >= 15 is 0 Å². The second kappa shape index (κ2) is 9.04. The molecule has 0 aliphatic rings. The van der Waals surface area contributed by atoms with Gasteiger partial charge in [0, 0.05) is 35.4 Å². The monoisotopic (exact) mass is 412 g/mol. The minimum Gasteiger partial charge on any atom is -0.372 e. The van der Waals surface area contributed by atoms with Crippen LogP contribution in [0.4, 0.5) is 5.69 Å². The van der Waals surface area contributed by atoms with E-state index in [2.05, 4.69) is 35.9 Å². The van der Waals surface area contributed by atoms with Gasteiger partial charge in [-0.05, 0) is 49.8 Å². The molecule has 0 spiro atoms. The lowest BCUT2D eigenvalue weighted by molar-refractivity contribution is 0.106. The molecule has 4 nitrogen and oxygen atoms in total. The standard InChI is InChI=1S/C22H21ClN2O2S/c1-3-25(4-2)18-10-8-15(9-11-18)12-20-22(27)24-21(28-20)14-19(26)16-6-5-7-17(23)13-16/h5-14H,3-4H2,1-2H3,(H,24,27)/b20-12-,21-14-. The van der Waals surface area contributed by atoms with Gasteiger partial charge in [-0.15, -0.1) is 11.3 Å². The van der Waals surface area contributed by atoms with E-state index in [1.807, 2.05) is 18.2 Å². The topological polar surface area (TPSA) is 53.2 Å². The Labute approximate surface area is 172 Å². The fraction of sp³-hybridized carbons (Fsp3) is 0.182. The van der Waals surface area contributed by atoms with Gasteiger partial charge in [-0.25, -0.2) is 0 Å². The first-order chi connectivity index (χ1) is 13.5. The Morgan fingerprint density at radius 2 is 1.86 bits per heavy atom. The summed E-state index contributed by atoms with van der Waals surface area (Å²) in [6.07, 6.45) is 3.26. The van der Waals surface area contributed by atoms with Crippen LogP contribution in [0.25, 0.3) is 12.2 Å². The van der Waals surface area contributed by atoms with Crippen molar-refractivity contribution in [2.45, 2.75) is 13.8 Å². The van der Waals surface area contributed by atoms with Crippen LogP contribution < -0.4 is 19.7 Å². The van der Waals surface area contributed by atoms with Gasteiger partial charge in [0.2, 0.25) is 0 Å². The van der Waals surface area contributed by atoms with E-state index in [0.29, 0.717) is 19.8 Å². The molecule has 0 amide bonds. The lowest BCUT2D eigenvalue weighted by Gasteiger charge is -2.20. The first kappa shape index (κ1) is 20.1. The molecule has 1 heterocycles. The van der Waals surface area contributed by atoms with E-state index in [1.165, 1.54) is 17.4 Å². The van der Waals surface area contributed by atoms with E-state index in [-0.39, 0.29) is 11.3 Å². The highest BCUT2D eigenvalue weighted by molar-refractivity contribution is 7.07. The normalized spacial score (nSPS) is 12.4. The van der Waals surface area contributed by atoms with Crippen molar-refractivity contribution in [1.29, 1.82) is 0 Å². The Kier molecular flexibility index (Phi) is 6.49. The fourth-order valence-electron chi connectivity index (χ4n) is 2.89. The molecule has 0 bridgehead atoms. The number of nitrogens with zero attached hydrogens (tertiary/aromatic N) is 1. The molecule has 0 atom stereocenters. The van der Waals surface area contributed by atoms with Gasteiger partial charge in [-0.2, -0.15) is 0 Å². The zero-order valence-corrected chi connectivity index (χ0v) is 17.3. The molecular formula is C22H21ClN2O2S. The van der Waals surface area contributed by atoms with Crippen LogP contribution in [0.1, 0.15) is 29.8 Å². The van der Waals surface area contributed by atoms with Gasteiger partial charge in [-0.3, -0.25) is 9.59 Å². The molecule has 3 aromatic rings. The van der Waals surface area contributed by atoms with Crippen LogP contribution >= 0.6 is 22.9 Å². The van der Waals surface area contributed by atoms with Crippen molar-refractivity contribution in [3.8, 4) is 0 Å². The van der Waals surface area contributed by atoms with Crippen LogP contribution in [0.5, 0.6) is 0 Å². The summed E-state index contributed by atoms with van der Waals surface area (Å²) in [7, 11) is 0. The number of benzene rings is 2. The van der Waals surface area contributed by atoms with Crippen molar-refractivity contribution in [3.63, 3.8) is 0 Å². The Morgan fingerprint density at radius 1 is 1.14 bits per heavy atom. The molecule has 0 aliphatic carbocycles. The summed E-state index contributed by atoms with van der Waals surface area (Å²) >= 11 is 7.19. The maximum absolute atomic E-state index is 12.4. The van der Waals surface area contributed by atoms with Crippen LogP contribution in [-0.2, 0) is 0 Å². The highest BCUT2D eigenvalue weighted by atomic mass is 35.5. The summed E-state index contributed by atoms with van der Waals surface area (Å²) in [6.45, 7) is 6.14. The molecule has 1 N–H and O–H groups in total. The molecule has 2 aromatic carbocycles. The van der Waals surface area contributed by atoms with E-state index in [4.69, 9.17) is 11.6 Å². The number of carbonyl (C=O) groups excluding carboxylic acids is 1. The number of halogens is 1. The van der Waals surface area contributed by atoms with Crippen molar-refractivity contribution >= 4 is 46.6 Å². The molecule has 0 saturated heterocycles. The Bertz CT molecular complexity index is 1140. The fourth-order valence-corrected chi connectivity index (χ4v) is 3.97. The molecule has 0 radical (unpaired) electrons. The molecule has 0 aliphatic heterocycles. The smallest absolute Gasteiger partial charge is 0.266 e. The number of thiazole rings is 1. The summed E-state index contributed by atoms with van der Waals surface area (Å²) in [6, 6.07) is 14.8. The van der Waals surface area contributed by atoms with Gasteiger partial charge in [0.1, 0.15) is 0 Å². The molecule has 28 heavy (non-hydrogen) atoms. The Balaban J connectivity index is 1.89. The maximum atomic E-state index is 12.4. The van der Waals surface area contributed by atoms with Crippen molar-refractivity contribution in [1.82, 2.24) is 4.98 Å². The number of aromatic amines is 1. The quantitative estimate of drug-likeness (QED) is 0.631. The largest absolute Gasteiger partial charge is 0.372 e. The van der Waals surface area contributed by atoms with Crippen LogP contribution in [-0.4, -0.2) is 23.9 Å². The average Bonchev–Trinajstić information content (AvgIpc) is 3.03. The molecule has 3 rings (SSSR count). The zero-order chi connectivity index (χ0) is 20.1. The van der Waals surface area contributed by atoms with Crippen LogP contribution in [0.2, 0.25) is 5.02 Å². The lowest BCUT2D eigenvalue weighted by atomic mass is 10.1. The number of Topliss-reactive ketones (excluding diaryl/α,β-unsaturated/α-hetero) is 1. The number of nitrogens with one attached hydrogen (secondary N) is 1. The van der Waals surface area contributed by atoms with Crippen LogP contribution in [0, 0.1) is 0 Å². The third-order valence-electron chi connectivity index (χ3n) is 4.37. The zero-order valence-electron chi connectivity index (χ0n) is 15.7. The second-order valence-electron chi connectivity index (χ2n) is 6.21. The Morgan fingerprint density at radius 3 is 2.50 bits per heavy atom. The SMILES string of the molecule is CCN(CC)c1ccc(/C=c2\s/c(=C\C(=O)c3cccc(Cl)c3)[nH]c2=O)cc1. The second-order valence-corrected chi connectivity index (χ2v) is 7.73. The highest BCUT2D eigenvalue weighted by Crippen LogP contribution is 2.15. The molecule has 6 heteroatoms. The number of anilines is 1. The predicted molar refractivity (Wildman–Crippen MR) is 118 cm³/mol. The van der Waals surface area contributed by atoms with E-state index in [1.54, 1.807) is 24.3 Å². The predicted octanol–water partition coefficient (Wildman–Crippen LogP) is 3.43. The number of aromatic nitrogens is 1. The van der Waals surface area contributed by atoms with E-state index in [9.17, 15) is 9.59 Å². The molecule has 0 saturated carbocycles. The summed E-state index contributed by atoms with van der Waals surface area (Å²) < 4.78 is 1.07. The summed E-state index contributed by atoms with van der Waals surface area (Å²) in [4.78, 5) is 29.6. The van der Waals surface area contributed by atoms with Gasteiger partial charge < -0.3 is 9.88 Å². The first-order valence-electron chi connectivity index (χ1n) is 9.07. The Hall–Kier alpha value is -2.63. The van der Waals surface area contributed by atoms with Gasteiger partial charge in [0.05, 0.1) is 9.20 Å². The maximum Gasteiger partial charge on any atom is 0.266 e. The molecule has 1 aromatic heterocycles. The molecule has 0 unspecified atom stereocenters. The van der Waals surface area contributed by atoms with Gasteiger partial charge in [0.25, 0.3) is 5.56 Å². The number of ketones is 1. The van der Waals surface area contributed by atoms with Crippen molar-refractivity contribution in [3.05, 3.63) is 84.2 Å². The van der Waals surface area contributed by atoms with Gasteiger partial charge in [-0.1, -0.05) is 35.9 Å². The number of hydrogen-bond acceptors (Lipinski definition) is 4. The number of H-pyrrole nitrogens is 1. The number of hydrogen-bond donors (Lipinski definition) is 1. The summed E-state index contributed by atoms with van der Waals surface area (Å²) in [5.74, 6) is -0.199. The van der Waals surface area contributed by atoms with Crippen LogP contribution in [0.3, 0.4) is 0 Å². The van der Waals surface area contributed by atoms with Crippen molar-refractivity contribution in [2.24, 2.45) is 0 Å². The highest BCUT2D eigenvalue weighted by Gasteiger charge is 2.04. The van der Waals surface area contributed by atoms with E-state index in [0.717, 1.165) is 24.3 Å².